The molecule has 1 aromatic heterocycles. The van der Waals surface area contributed by atoms with Crippen LogP contribution in [0.25, 0.3) is 0 Å². The second kappa shape index (κ2) is 9.48. The lowest BCUT2D eigenvalue weighted by Gasteiger charge is -2.22. The van der Waals surface area contributed by atoms with E-state index in [4.69, 9.17) is 16.6 Å². The van der Waals surface area contributed by atoms with E-state index in [0.717, 1.165) is 61.4 Å². The van der Waals surface area contributed by atoms with Crippen LogP contribution < -0.4 is 10.2 Å². The van der Waals surface area contributed by atoms with Crippen molar-refractivity contribution >= 4 is 23.4 Å². The molecule has 0 unspecified atom stereocenters. The van der Waals surface area contributed by atoms with Crippen LogP contribution in [-0.4, -0.2) is 29.6 Å². The number of nitrogens with zero attached hydrogens (tertiary/aromatic N) is 3. The van der Waals surface area contributed by atoms with E-state index in [2.05, 4.69) is 41.2 Å². The number of hydrogen-bond donors (Lipinski definition) is 1. The summed E-state index contributed by atoms with van der Waals surface area (Å²) in [7, 11) is 0. The molecule has 24 heavy (non-hydrogen) atoms. The molecule has 1 aromatic carbocycles. The standard InChI is InChI=1S/C19H27ClN4/c1-4-12-24(13-5-2)19-22-15(3)14-18(23-19)21-11-10-16-6-8-17(20)9-7-16/h6-9,14H,4-5,10-13H2,1-3H3,(H,21,22,23). The molecular weight excluding hydrogens is 320 g/mol. The zero-order chi connectivity index (χ0) is 17.4. The molecule has 1 N–H and O–H groups in total. The molecule has 0 saturated heterocycles. The molecule has 0 fully saturated rings. The van der Waals surface area contributed by atoms with Crippen molar-refractivity contribution < 1.29 is 0 Å². The van der Waals surface area contributed by atoms with Crippen LogP contribution in [0.1, 0.15) is 37.9 Å². The third kappa shape index (κ3) is 5.68. The van der Waals surface area contributed by atoms with Crippen LogP contribution in [0.4, 0.5) is 11.8 Å². The summed E-state index contributed by atoms with van der Waals surface area (Å²) >= 11 is 5.92. The van der Waals surface area contributed by atoms with Gasteiger partial charge in [-0.2, -0.15) is 4.98 Å². The zero-order valence-electron chi connectivity index (χ0n) is 14.8. The third-order valence-electron chi connectivity index (χ3n) is 3.75. The van der Waals surface area contributed by atoms with Gasteiger partial charge in [0.25, 0.3) is 0 Å². The maximum Gasteiger partial charge on any atom is 0.227 e. The lowest BCUT2D eigenvalue weighted by molar-refractivity contribution is 0.719. The van der Waals surface area contributed by atoms with Crippen molar-refractivity contribution in [1.82, 2.24) is 9.97 Å². The zero-order valence-corrected chi connectivity index (χ0v) is 15.6. The SMILES string of the molecule is CCCN(CCC)c1nc(C)cc(NCCc2ccc(Cl)cc2)n1. The molecule has 0 aliphatic rings. The summed E-state index contributed by atoms with van der Waals surface area (Å²) in [6.07, 6.45) is 3.12. The first-order chi connectivity index (χ1) is 11.6. The minimum absolute atomic E-state index is 0.773. The first kappa shape index (κ1) is 18.5. The van der Waals surface area contributed by atoms with Crippen LogP contribution in [0.2, 0.25) is 5.02 Å². The lowest BCUT2D eigenvalue weighted by Crippen LogP contribution is -2.27. The molecule has 0 saturated carbocycles. The summed E-state index contributed by atoms with van der Waals surface area (Å²) in [6.45, 7) is 9.20. The fourth-order valence-electron chi connectivity index (χ4n) is 2.62. The molecule has 5 heteroatoms. The minimum Gasteiger partial charge on any atom is -0.370 e. The predicted octanol–water partition coefficient (Wildman–Crippen LogP) is 4.72. The number of aromatic nitrogens is 2. The Morgan fingerprint density at radius 1 is 1.04 bits per heavy atom. The fourth-order valence-corrected chi connectivity index (χ4v) is 2.75. The largest absolute Gasteiger partial charge is 0.370 e. The normalized spacial score (nSPS) is 10.7. The molecule has 1 heterocycles. The van der Waals surface area contributed by atoms with E-state index in [1.54, 1.807) is 0 Å². The summed E-state index contributed by atoms with van der Waals surface area (Å²) in [6, 6.07) is 9.98. The predicted molar refractivity (Wildman–Crippen MR) is 103 cm³/mol. The van der Waals surface area contributed by atoms with Crippen molar-refractivity contribution in [1.29, 1.82) is 0 Å². The second-order valence-electron chi connectivity index (χ2n) is 5.98. The van der Waals surface area contributed by atoms with Crippen LogP contribution >= 0.6 is 11.6 Å². The van der Waals surface area contributed by atoms with Gasteiger partial charge in [-0.3, -0.25) is 0 Å². The van der Waals surface area contributed by atoms with E-state index in [-0.39, 0.29) is 0 Å². The van der Waals surface area contributed by atoms with E-state index in [1.807, 2.05) is 25.1 Å². The molecule has 4 nitrogen and oxygen atoms in total. The number of halogens is 1. The van der Waals surface area contributed by atoms with Gasteiger partial charge in [-0.05, 0) is 43.9 Å². The average molecular weight is 347 g/mol. The Morgan fingerprint density at radius 3 is 2.33 bits per heavy atom. The molecule has 130 valence electrons. The van der Waals surface area contributed by atoms with Crippen LogP contribution in [0.5, 0.6) is 0 Å². The van der Waals surface area contributed by atoms with E-state index in [1.165, 1.54) is 5.56 Å². The van der Waals surface area contributed by atoms with Crippen LogP contribution in [0.3, 0.4) is 0 Å². The van der Waals surface area contributed by atoms with Crippen LogP contribution in [0.15, 0.2) is 30.3 Å². The lowest BCUT2D eigenvalue weighted by atomic mass is 10.1. The van der Waals surface area contributed by atoms with Gasteiger partial charge in [0, 0.05) is 36.4 Å². The Morgan fingerprint density at radius 2 is 1.71 bits per heavy atom. The highest BCUT2D eigenvalue weighted by Crippen LogP contribution is 2.15. The Balaban J connectivity index is 2.00. The van der Waals surface area contributed by atoms with Gasteiger partial charge in [-0.1, -0.05) is 37.6 Å². The van der Waals surface area contributed by atoms with E-state index in [9.17, 15) is 0 Å². The molecule has 0 spiro atoms. The van der Waals surface area contributed by atoms with Gasteiger partial charge in [-0.15, -0.1) is 0 Å². The smallest absolute Gasteiger partial charge is 0.227 e. The molecule has 0 amide bonds. The molecule has 0 atom stereocenters. The molecule has 0 radical (unpaired) electrons. The van der Waals surface area contributed by atoms with Gasteiger partial charge in [0.1, 0.15) is 5.82 Å². The number of rotatable bonds is 9. The maximum atomic E-state index is 5.92. The highest BCUT2D eigenvalue weighted by atomic mass is 35.5. The molecule has 2 rings (SSSR count). The molecular formula is C19H27ClN4. The van der Waals surface area contributed by atoms with Crippen molar-refractivity contribution in [3.05, 3.63) is 46.6 Å². The number of nitrogens with one attached hydrogen (secondary N) is 1. The third-order valence-corrected chi connectivity index (χ3v) is 4.00. The van der Waals surface area contributed by atoms with Gasteiger partial charge in [-0.25, -0.2) is 4.98 Å². The van der Waals surface area contributed by atoms with Crippen molar-refractivity contribution in [3.8, 4) is 0 Å². The quantitative estimate of drug-likeness (QED) is 0.713. The van der Waals surface area contributed by atoms with Crippen molar-refractivity contribution in [2.45, 2.75) is 40.0 Å². The molecule has 0 aliphatic heterocycles. The van der Waals surface area contributed by atoms with Gasteiger partial charge in [0.05, 0.1) is 0 Å². The van der Waals surface area contributed by atoms with E-state index < -0.39 is 0 Å². The molecule has 2 aromatic rings. The maximum absolute atomic E-state index is 5.92. The number of benzene rings is 1. The second-order valence-corrected chi connectivity index (χ2v) is 6.42. The van der Waals surface area contributed by atoms with Crippen molar-refractivity contribution in [2.75, 3.05) is 29.9 Å². The first-order valence-electron chi connectivity index (χ1n) is 8.71. The van der Waals surface area contributed by atoms with Crippen LogP contribution in [0, 0.1) is 6.92 Å². The summed E-state index contributed by atoms with van der Waals surface area (Å²) < 4.78 is 0. The summed E-state index contributed by atoms with van der Waals surface area (Å²) in [5.74, 6) is 1.72. The fraction of sp³-hybridized carbons (Fsp3) is 0.474. The molecule has 0 bridgehead atoms. The Hall–Kier alpha value is -1.81. The summed E-state index contributed by atoms with van der Waals surface area (Å²) in [5, 5.41) is 4.19. The van der Waals surface area contributed by atoms with Gasteiger partial charge < -0.3 is 10.2 Å². The van der Waals surface area contributed by atoms with Crippen molar-refractivity contribution in [3.63, 3.8) is 0 Å². The first-order valence-corrected chi connectivity index (χ1v) is 9.09. The Kier molecular flexibility index (Phi) is 7.32. The average Bonchev–Trinajstić information content (AvgIpc) is 2.56. The number of aryl methyl sites for hydroxylation is 1. The molecule has 0 aliphatic carbocycles. The summed E-state index contributed by atoms with van der Waals surface area (Å²) in [4.78, 5) is 11.6. The minimum atomic E-state index is 0.773. The van der Waals surface area contributed by atoms with E-state index in [0.29, 0.717) is 0 Å². The topological polar surface area (TPSA) is 41.1 Å². The Bertz CT molecular complexity index is 622. The van der Waals surface area contributed by atoms with Gasteiger partial charge in [0.15, 0.2) is 0 Å². The van der Waals surface area contributed by atoms with E-state index >= 15 is 0 Å². The van der Waals surface area contributed by atoms with Crippen molar-refractivity contribution in [2.24, 2.45) is 0 Å². The highest BCUT2D eigenvalue weighted by Gasteiger charge is 2.10. The Labute approximate surface area is 150 Å². The highest BCUT2D eigenvalue weighted by molar-refractivity contribution is 6.30. The van der Waals surface area contributed by atoms with Gasteiger partial charge >= 0.3 is 0 Å². The number of anilines is 2. The number of hydrogen-bond acceptors (Lipinski definition) is 4. The monoisotopic (exact) mass is 346 g/mol. The van der Waals surface area contributed by atoms with Gasteiger partial charge in [0.2, 0.25) is 5.95 Å². The summed E-state index contributed by atoms with van der Waals surface area (Å²) in [5.41, 5.74) is 2.25. The van der Waals surface area contributed by atoms with Crippen LogP contribution in [-0.2, 0) is 6.42 Å².